The van der Waals surface area contributed by atoms with Crippen LogP contribution in [-0.4, -0.2) is 59.0 Å². The molecule has 0 bridgehead atoms. The second kappa shape index (κ2) is 4.67. The Hall–Kier alpha value is -0.200. The van der Waals surface area contributed by atoms with Gasteiger partial charge in [-0.25, -0.2) is 0 Å². The lowest BCUT2D eigenvalue weighted by Crippen LogP contribution is -2.58. The van der Waals surface area contributed by atoms with Crippen molar-refractivity contribution >= 4 is 0 Å². The third-order valence-corrected chi connectivity index (χ3v) is 5.00. The number of aliphatic hydroxyl groups is 2. The molecule has 5 nitrogen and oxygen atoms in total. The Morgan fingerprint density at radius 2 is 1.79 bits per heavy atom. The summed E-state index contributed by atoms with van der Waals surface area (Å²) in [6.45, 7) is 4.54. The first-order chi connectivity index (χ1) is 8.97. The Balaban J connectivity index is 1.66. The van der Waals surface area contributed by atoms with Crippen molar-refractivity contribution in [1.29, 1.82) is 0 Å². The van der Waals surface area contributed by atoms with E-state index >= 15 is 0 Å². The van der Waals surface area contributed by atoms with E-state index in [2.05, 4.69) is 6.92 Å². The van der Waals surface area contributed by atoms with Crippen molar-refractivity contribution in [2.24, 2.45) is 0 Å². The van der Waals surface area contributed by atoms with Crippen molar-refractivity contribution < 1.29 is 24.4 Å². The first-order valence-electron chi connectivity index (χ1n) is 7.23. The lowest BCUT2D eigenvalue weighted by Gasteiger charge is -2.50. The van der Waals surface area contributed by atoms with E-state index in [1.54, 1.807) is 0 Å². The zero-order valence-corrected chi connectivity index (χ0v) is 11.7. The average molecular weight is 272 g/mol. The first-order valence-corrected chi connectivity index (χ1v) is 7.23. The van der Waals surface area contributed by atoms with Gasteiger partial charge in [-0.05, 0) is 39.5 Å². The molecule has 0 unspecified atom stereocenters. The minimum Gasteiger partial charge on any atom is -0.394 e. The van der Waals surface area contributed by atoms with E-state index in [1.165, 1.54) is 0 Å². The van der Waals surface area contributed by atoms with Gasteiger partial charge in [0.1, 0.15) is 12.2 Å². The number of rotatable bonds is 3. The molecule has 3 fully saturated rings. The lowest BCUT2D eigenvalue weighted by molar-refractivity contribution is -0.266. The fraction of sp³-hybridized carbons (Fsp3) is 1.00. The lowest BCUT2D eigenvalue weighted by atomic mass is 9.81. The van der Waals surface area contributed by atoms with Gasteiger partial charge in [0.05, 0.1) is 36.6 Å². The molecule has 5 heteroatoms. The summed E-state index contributed by atoms with van der Waals surface area (Å²) in [7, 11) is 0. The summed E-state index contributed by atoms with van der Waals surface area (Å²) in [5, 5.41) is 19.0. The van der Waals surface area contributed by atoms with Crippen LogP contribution in [0.3, 0.4) is 0 Å². The van der Waals surface area contributed by atoms with E-state index < -0.39 is 11.7 Å². The fourth-order valence-corrected chi connectivity index (χ4v) is 3.38. The van der Waals surface area contributed by atoms with Crippen LogP contribution < -0.4 is 0 Å². The first kappa shape index (κ1) is 13.8. The van der Waals surface area contributed by atoms with Crippen LogP contribution in [0.1, 0.15) is 39.5 Å². The summed E-state index contributed by atoms with van der Waals surface area (Å²) in [6, 6.07) is 0. The van der Waals surface area contributed by atoms with Crippen LogP contribution in [0.5, 0.6) is 0 Å². The minimum absolute atomic E-state index is 0.0202. The number of ether oxygens (including phenoxy) is 3. The molecule has 3 aliphatic heterocycles. The third kappa shape index (κ3) is 2.43. The predicted molar refractivity (Wildman–Crippen MR) is 67.9 cm³/mol. The highest BCUT2D eigenvalue weighted by Gasteiger charge is 2.53. The molecule has 3 saturated heterocycles. The molecule has 0 amide bonds. The van der Waals surface area contributed by atoms with Crippen LogP contribution in [0.25, 0.3) is 0 Å². The highest BCUT2D eigenvalue weighted by Crippen LogP contribution is 2.44. The van der Waals surface area contributed by atoms with Gasteiger partial charge in [0.2, 0.25) is 0 Å². The highest BCUT2D eigenvalue weighted by molar-refractivity contribution is 5.01. The molecule has 19 heavy (non-hydrogen) atoms. The molecule has 0 spiro atoms. The van der Waals surface area contributed by atoms with Crippen LogP contribution in [-0.2, 0) is 14.2 Å². The molecule has 0 radical (unpaired) electrons. The molecule has 3 rings (SSSR count). The van der Waals surface area contributed by atoms with Gasteiger partial charge in [0.15, 0.2) is 0 Å². The van der Waals surface area contributed by atoms with Crippen molar-refractivity contribution in [3.63, 3.8) is 0 Å². The zero-order valence-electron chi connectivity index (χ0n) is 11.7. The van der Waals surface area contributed by atoms with Crippen molar-refractivity contribution in [3.05, 3.63) is 0 Å². The molecule has 2 N–H and O–H groups in total. The van der Waals surface area contributed by atoms with Gasteiger partial charge in [-0.3, -0.25) is 0 Å². The number of hydrogen-bond acceptors (Lipinski definition) is 5. The summed E-state index contributed by atoms with van der Waals surface area (Å²) in [6.07, 6.45) is 2.93. The molecular weight excluding hydrogens is 248 g/mol. The maximum absolute atomic E-state index is 9.90. The van der Waals surface area contributed by atoms with Gasteiger partial charge >= 0.3 is 0 Å². The molecule has 0 aromatic rings. The molecule has 0 aliphatic carbocycles. The summed E-state index contributed by atoms with van der Waals surface area (Å²) < 4.78 is 17.7. The Labute approximate surface area is 113 Å². The second-order valence-electron chi connectivity index (χ2n) is 6.54. The summed E-state index contributed by atoms with van der Waals surface area (Å²) in [4.78, 5) is 0. The van der Waals surface area contributed by atoms with E-state index in [0.29, 0.717) is 6.42 Å². The summed E-state index contributed by atoms with van der Waals surface area (Å²) in [5.74, 6) is 0. The maximum Gasteiger partial charge on any atom is 0.110 e. The molecule has 3 heterocycles. The van der Waals surface area contributed by atoms with Crippen molar-refractivity contribution in [3.8, 4) is 0 Å². The van der Waals surface area contributed by atoms with Gasteiger partial charge in [0.25, 0.3) is 0 Å². The van der Waals surface area contributed by atoms with Crippen molar-refractivity contribution in [2.45, 2.75) is 75.1 Å². The molecule has 0 saturated carbocycles. The molecule has 0 aromatic carbocycles. The Bertz CT molecular complexity index is 345. The normalized spacial score (nSPS) is 51.5. The maximum atomic E-state index is 9.90. The van der Waals surface area contributed by atoms with Crippen LogP contribution in [0.4, 0.5) is 0 Å². The standard InChI is InChI=1S/C14H24O5/c1-13(11(16)7-15)5-3-10-9(18-13)4-6-14(2,19-10)12-8-17-12/h9-12,15-16H,3-8H2,1-2H3/t9-,10+,11-,12-,13+,14-/m1/s1. The molecule has 6 atom stereocenters. The van der Waals surface area contributed by atoms with Crippen molar-refractivity contribution in [2.75, 3.05) is 13.2 Å². The predicted octanol–water partition coefficient (Wildman–Crippen LogP) is 0.614. The van der Waals surface area contributed by atoms with Gasteiger partial charge in [0, 0.05) is 0 Å². The summed E-state index contributed by atoms with van der Waals surface area (Å²) >= 11 is 0. The monoisotopic (exact) mass is 272 g/mol. The van der Waals surface area contributed by atoms with Crippen LogP contribution in [0.2, 0.25) is 0 Å². The second-order valence-corrected chi connectivity index (χ2v) is 6.54. The largest absolute Gasteiger partial charge is 0.394 e. The average Bonchev–Trinajstić information content (AvgIpc) is 3.23. The SMILES string of the molecule is C[C@]1([C@H]2CO2)CC[C@H]2O[C@](C)([C@H](O)CO)CC[C@@H]2O1. The van der Waals surface area contributed by atoms with Gasteiger partial charge in [-0.15, -0.1) is 0 Å². The van der Waals surface area contributed by atoms with Crippen LogP contribution in [0, 0.1) is 0 Å². The minimum atomic E-state index is -0.825. The van der Waals surface area contributed by atoms with E-state index in [-0.39, 0.29) is 30.5 Å². The van der Waals surface area contributed by atoms with Crippen LogP contribution >= 0.6 is 0 Å². The van der Waals surface area contributed by atoms with Gasteiger partial charge < -0.3 is 24.4 Å². The Morgan fingerprint density at radius 1 is 1.16 bits per heavy atom. The molecule has 0 aromatic heterocycles. The molecular formula is C14H24O5. The van der Waals surface area contributed by atoms with E-state index in [9.17, 15) is 5.11 Å². The topological polar surface area (TPSA) is 71.5 Å². The number of hydrogen-bond donors (Lipinski definition) is 2. The Kier molecular flexibility index (Phi) is 3.38. The van der Waals surface area contributed by atoms with E-state index in [4.69, 9.17) is 19.3 Å². The number of fused-ring (bicyclic) bond motifs is 1. The number of epoxide rings is 1. The van der Waals surface area contributed by atoms with Gasteiger partial charge in [-0.2, -0.15) is 0 Å². The van der Waals surface area contributed by atoms with E-state index in [1.807, 2.05) is 6.92 Å². The number of aliphatic hydroxyl groups excluding tert-OH is 2. The fourth-order valence-electron chi connectivity index (χ4n) is 3.38. The quantitative estimate of drug-likeness (QED) is 0.737. The third-order valence-electron chi connectivity index (χ3n) is 5.00. The molecule has 110 valence electrons. The van der Waals surface area contributed by atoms with E-state index in [0.717, 1.165) is 25.9 Å². The van der Waals surface area contributed by atoms with Gasteiger partial charge in [-0.1, -0.05) is 0 Å². The summed E-state index contributed by atoms with van der Waals surface area (Å²) in [5.41, 5.74) is -0.822. The Morgan fingerprint density at radius 3 is 2.42 bits per heavy atom. The smallest absolute Gasteiger partial charge is 0.110 e. The van der Waals surface area contributed by atoms with Crippen LogP contribution in [0.15, 0.2) is 0 Å². The van der Waals surface area contributed by atoms with Crippen molar-refractivity contribution in [1.82, 2.24) is 0 Å². The highest BCUT2D eigenvalue weighted by atomic mass is 16.6. The zero-order chi connectivity index (χ0) is 13.7. The molecule has 3 aliphatic rings.